The van der Waals surface area contributed by atoms with Gasteiger partial charge in [0, 0.05) is 10.6 Å². The Morgan fingerprint density at radius 3 is 2.84 bits per heavy atom. The summed E-state index contributed by atoms with van der Waals surface area (Å²) >= 11 is 6.35. The van der Waals surface area contributed by atoms with E-state index in [2.05, 4.69) is 17.2 Å². The second-order valence-corrected chi connectivity index (χ2v) is 7.10. The number of carbonyl (C=O) groups is 1. The summed E-state index contributed by atoms with van der Waals surface area (Å²) in [5, 5.41) is 14.1. The lowest BCUT2D eigenvalue weighted by molar-refractivity contribution is 0.1000. The predicted molar refractivity (Wildman–Crippen MR) is 95.6 cm³/mol. The number of benzene rings is 1. The molecule has 2 N–H and O–H groups in total. The SMILES string of the molecule is CCc1ccc(-c2nn3c(c2C(N)=O)CN=NC(C2CC2)C3)cc1Cl. The normalized spacial score (nSPS) is 19.5. The van der Waals surface area contributed by atoms with Crippen molar-refractivity contribution in [3.05, 3.63) is 40.0 Å². The maximum Gasteiger partial charge on any atom is 0.252 e. The number of fused-ring (bicyclic) bond motifs is 1. The van der Waals surface area contributed by atoms with Gasteiger partial charge in [-0.25, -0.2) is 0 Å². The minimum atomic E-state index is -0.494. The molecule has 1 aliphatic carbocycles. The van der Waals surface area contributed by atoms with Gasteiger partial charge in [-0.05, 0) is 36.8 Å². The van der Waals surface area contributed by atoms with Crippen LogP contribution in [-0.2, 0) is 19.5 Å². The Balaban J connectivity index is 1.80. The zero-order valence-electron chi connectivity index (χ0n) is 14.1. The van der Waals surface area contributed by atoms with Crippen molar-refractivity contribution >= 4 is 17.5 Å². The molecule has 6 nitrogen and oxygen atoms in total. The molecule has 1 aromatic heterocycles. The van der Waals surface area contributed by atoms with Gasteiger partial charge in [0.15, 0.2) is 0 Å². The second-order valence-electron chi connectivity index (χ2n) is 6.70. The Bertz CT molecular complexity index is 869. The highest BCUT2D eigenvalue weighted by Gasteiger charge is 2.34. The molecule has 0 saturated heterocycles. The Morgan fingerprint density at radius 2 is 2.20 bits per heavy atom. The molecule has 1 atom stereocenters. The molecule has 1 unspecified atom stereocenters. The van der Waals surface area contributed by atoms with Crippen LogP contribution in [0.25, 0.3) is 11.3 Å². The first-order valence-electron chi connectivity index (χ1n) is 8.63. The van der Waals surface area contributed by atoms with Gasteiger partial charge in [0.2, 0.25) is 0 Å². The lowest BCUT2D eigenvalue weighted by Gasteiger charge is -2.08. The smallest absolute Gasteiger partial charge is 0.252 e. The van der Waals surface area contributed by atoms with Crippen LogP contribution in [0.15, 0.2) is 28.4 Å². The number of halogens is 1. The summed E-state index contributed by atoms with van der Waals surface area (Å²) in [7, 11) is 0. The van der Waals surface area contributed by atoms with Gasteiger partial charge in [0.25, 0.3) is 5.91 Å². The summed E-state index contributed by atoms with van der Waals surface area (Å²) in [5.74, 6) is 0.0877. The van der Waals surface area contributed by atoms with Gasteiger partial charge >= 0.3 is 0 Å². The van der Waals surface area contributed by atoms with E-state index in [1.165, 1.54) is 12.8 Å². The van der Waals surface area contributed by atoms with E-state index in [0.29, 0.717) is 35.3 Å². The van der Waals surface area contributed by atoms with Crippen molar-refractivity contribution in [1.82, 2.24) is 9.78 Å². The number of aromatic nitrogens is 2. The van der Waals surface area contributed by atoms with Crippen LogP contribution in [0.1, 0.15) is 41.4 Å². The van der Waals surface area contributed by atoms with Crippen LogP contribution >= 0.6 is 11.6 Å². The third kappa shape index (κ3) is 2.95. The molecule has 7 heteroatoms. The van der Waals surface area contributed by atoms with E-state index in [1.807, 2.05) is 22.9 Å². The van der Waals surface area contributed by atoms with Crippen LogP contribution < -0.4 is 5.73 Å². The number of hydrogen-bond donors (Lipinski definition) is 1. The third-order valence-electron chi connectivity index (χ3n) is 4.99. The number of primary amides is 1. The Kier molecular flexibility index (Phi) is 4.07. The third-order valence-corrected chi connectivity index (χ3v) is 5.34. The van der Waals surface area contributed by atoms with Crippen LogP contribution in [0, 0.1) is 5.92 Å². The molecular formula is C18H20ClN5O. The van der Waals surface area contributed by atoms with Crippen molar-refractivity contribution in [1.29, 1.82) is 0 Å². The predicted octanol–water partition coefficient (Wildman–Crippen LogP) is 3.61. The number of aryl methyl sites for hydroxylation is 1. The van der Waals surface area contributed by atoms with Crippen LogP contribution in [0.5, 0.6) is 0 Å². The van der Waals surface area contributed by atoms with Crippen LogP contribution in [0.2, 0.25) is 5.02 Å². The van der Waals surface area contributed by atoms with Gasteiger partial charge < -0.3 is 5.73 Å². The fraction of sp³-hybridized carbons (Fsp3) is 0.444. The van der Waals surface area contributed by atoms with Gasteiger partial charge in [-0.1, -0.05) is 30.7 Å². The number of rotatable bonds is 4. The number of nitrogens with zero attached hydrogens (tertiary/aromatic N) is 4. The monoisotopic (exact) mass is 357 g/mol. The molecule has 4 rings (SSSR count). The first-order valence-corrected chi connectivity index (χ1v) is 9.01. The molecule has 0 radical (unpaired) electrons. The van der Waals surface area contributed by atoms with Gasteiger partial charge in [0.1, 0.15) is 12.2 Å². The highest BCUT2D eigenvalue weighted by molar-refractivity contribution is 6.31. The molecule has 1 fully saturated rings. The number of azo groups is 1. The van der Waals surface area contributed by atoms with E-state index >= 15 is 0 Å². The summed E-state index contributed by atoms with van der Waals surface area (Å²) < 4.78 is 1.86. The van der Waals surface area contributed by atoms with Crippen molar-refractivity contribution < 1.29 is 4.79 Å². The van der Waals surface area contributed by atoms with Crippen molar-refractivity contribution in [2.24, 2.45) is 21.9 Å². The molecule has 1 amide bonds. The van der Waals surface area contributed by atoms with E-state index in [9.17, 15) is 4.79 Å². The standard InChI is InChI=1S/C18H20ClN5O/c1-2-10-3-6-12(7-13(10)19)17-16(18(20)25)15-8-21-22-14(11-4-5-11)9-24(15)23-17/h3,6-7,11,14H,2,4-5,8-9H2,1H3,(H2,20,25). The van der Waals surface area contributed by atoms with Gasteiger partial charge in [-0.2, -0.15) is 15.3 Å². The minimum absolute atomic E-state index is 0.140. The fourth-order valence-electron chi connectivity index (χ4n) is 3.40. The zero-order chi connectivity index (χ0) is 17.6. The van der Waals surface area contributed by atoms with Gasteiger partial charge in [-0.3, -0.25) is 9.48 Å². The average molecular weight is 358 g/mol. The zero-order valence-corrected chi connectivity index (χ0v) is 14.8. The number of nitrogens with two attached hydrogens (primary N) is 1. The Morgan fingerprint density at radius 1 is 1.40 bits per heavy atom. The Hall–Kier alpha value is -2.21. The second kappa shape index (κ2) is 6.26. The van der Waals surface area contributed by atoms with Crippen molar-refractivity contribution in [3.63, 3.8) is 0 Å². The first kappa shape index (κ1) is 16.3. The summed E-state index contributed by atoms with van der Waals surface area (Å²) in [5.41, 5.74) is 9.29. The molecule has 0 spiro atoms. The highest BCUT2D eigenvalue weighted by atomic mass is 35.5. The summed E-state index contributed by atoms with van der Waals surface area (Å²) in [6, 6.07) is 5.91. The van der Waals surface area contributed by atoms with Crippen LogP contribution in [0.4, 0.5) is 0 Å². The molecule has 1 saturated carbocycles. The van der Waals surface area contributed by atoms with Crippen molar-refractivity contribution in [2.45, 2.75) is 45.3 Å². The molecule has 130 valence electrons. The lowest BCUT2D eigenvalue weighted by atomic mass is 10.0. The van der Waals surface area contributed by atoms with Crippen molar-refractivity contribution in [2.75, 3.05) is 0 Å². The minimum Gasteiger partial charge on any atom is -0.365 e. The van der Waals surface area contributed by atoms with Crippen LogP contribution in [0.3, 0.4) is 0 Å². The maximum atomic E-state index is 12.1. The quantitative estimate of drug-likeness (QED) is 0.906. The van der Waals surface area contributed by atoms with Gasteiger partial charge in [0.05, 0.1) is 23.8 Å². The average Bonchev–Trinajstić information content (AvgIpc) is 3.39. The van der Waals surface area contributed by atoms with E-state index < -0.39 is 5.91 Å². The number of hydrogen-bond acceptors (Lipinski definition) is 4. The number of amides is 1. The van der Waals surface area contributed by atoms with Gasteiger partial charge in [-0.15, -0.1) is 0 Å². The first-order chi connectivity index (χ1) is 12.1. The molecule has 2 aromatic rings. The maximum absolute atomic E-state index is 12.1. The highest BCUT2D eigenvalue weighted by Crippen LogP contribution is 2.37. The van der Waals surface area contributed by atoms with E-state index in [4.69, 9.17) is 22.4 Å². The topological polar surface area (TPSA) is 85.6 Å². The summed E-state index contributed by atoms with van der Waals surface area (Å²) in [6.07, 6.45) is 3.22. The molecule has 1 aromatic carbocycles. The molecular weight excluding hydrogens is 338 g/mol. The molecule has 2 aliphatic rings. The largest absolute Gasteiger partial charge is 0.365 e. The Labute approximate surface area is 151 Å². The van der Waals surface area contributed by atoms with E-state index in [1.54, 1.807) is 0 Å². The van der Waals surface area contributed by atoms with E-state index in [-0.39, 0.29) is 6.04 Å². The molecule has 0 bridgehead atoms. The lowest BCUT2D eigenvalue weighted by Crippen LogP contribution is -2.18. The number of carbonyl (C=O) groups excluding carboxylic acids is 1. The summed E-state index contributed by atoms with van der Waals surface area (Å²) in [4.78, 5) is 12.1. The van der Waals surface area contributed by atoms with Crippen LogP contribution in [-0.4, -0.2) is 21.7 Å². The molecule has 25 heavy (non-hydrogen) atoms. The van der Waals surface area contributed by atoms with Crippen molar-refractivity contribution in [3.8, 4) is 11.3 Å². The summed E-state index contributed by atoms with van der Waals surface area (Å²) in [6.45, 7) is 3.03. The molecule has 1 aliphatic heterocycles. The van der Waals surface area contributed by atoms with E-state index in [0.717, 1.165) is 23.2 Å². The molecule has 2 heterocycles. The fourth-order valence-corrected chi connectivity index (χ4v) is 3.72.